The molecule has 3 aromatic rings. The summed E-state index contributed by atoms with van der Waals surface area (Å²) >= 11 is 0. The fraction of sp³-hybridized carbons (Fsp3) is 0.393. The van der Waals surface area contributed by atoms with Crippen LogP contribution in [-0.2, 0) is 5.60 Å². The van der Waals surface area contributed by atoms with Crippen LogP contribution in [0.25, 0.3) is 11.3 Å². The van der Waals surface area contributed by atoms with Gasteiger partial charge < -0.3 is 21.3 Å². The van der Waals surface area contributed by atoms with E-state index in [0.29, 0.717) is 18.5 Å². The Kier molecular flexibility index (Phi) is 7.35. The normalized spacial score (nSPS) is 23.8. The summed E-state index contributed by atoms with van der Waals surface area (Å²) in [6.45, 7) is 6.36. The number of hydrogen-bond donors (Lipinski definition) is 4. The molecule has 7 nitrogen and oxygen atoms in total. The molecule has 10 heteroatoms. The lowest BCUT2D eigenvalue weighted by Crippen LogP contribution is -2.54. The molecule has 1 amide bonds. The van der Waals surface area contributed by atoms with Crippen LogP contribution < -0.4 is 11.1 Å². The molecule has 1 saturated carbocycles. The van der Waals surface area contributed by atoms with Crippen molar-refractivity contribution in [3.63, 3.8) is 0 Å². The van der Waals surface area contributed by atoms with Gasteiger partial charge in [0.1, 0.15) is 28.8 Å². The highest BCUT2D eigenvalue weighted by atomic mass is 19.1. The summed E-state index contributed by atoms with van der Waals surface area (Å²) in [7, 11) is 0. The number of halogens is 3. The molecule has 0 spiro atoms. The first-order valence-electron chi connectivity index (χ1n) is 12.3. The Morgan fingerprint density at radius 2 is 1.79 bits per heavy atom. The smallest absolute Gasteiger partial charge is 0.274 e. The SMILES string of the molecule is C[C@H]1C[C@@H](c2ccncc2NC(=O)c2ccc(F)c(-c3c(F)cc(C(C)(C)O)cc3F)n2)C[C@@H](N)[C@]1(C)O. The van der Waals surface area contributed by atoms with Gasteiger partial charge >= 0.3 is 0 Å². The fourth-order valence-electron chi connectivity index (χ4n) is 4.87. The van der Waals surface area contributed by atoms with E-state index >= 15 is 0 Å². The first-order chi connectivity index (χ1) is 17.7. The molecular weight excluding hydrogens is 497 g/mol. The zero-order valence-corrected chi connectivity index (χ0v) is 21.6. The molecule has 2 heterocycles. The monoisotopic (exact) mass is 528 g/mol. The van der Waals surface area contributed by atoms with Crippen molar-refractivity contribution >= 4 is 11.6 Å². The van der Waals surface area contributed by atoms with E-state index in [1.807, 2.05) is 6.92 Å². The summed E-state index contributed by atoms with van der Waals surface area (Å²) in [5.74, 6) is -4.16. The Morgan fingerprint density at radius 3 is 2.39 bits per heavy atom. The van der Waals surface area contributed by atoms with Crippen LogP contribution in [0, 0.1) is 23.4 Å². The van der Waals surface area contributed by atoms with E-state index in [-0.39, 0.29) is 23.1 Å². The molecule has 4 atom stereocenters. The molecule has 0 aliphatic heterocycles. The molecule has 2 aromatic heterocycles. The van der Waals surface area contributed by atoms with Gasteiger partial charge in [-0.05, 0) is 86.9 Å². The minimum absolute atomic E-state index is 0.0343. The largest absolute Gasteiger partial charge is 0.388 e. The number of nitrogens with one attached hydrogen (secondary N) is 1. The molecule has 0 saturated heterocycles. The summed E-state index contributed by atoms with van der Waals surface area (Å²) in [5, 5.41) is 23.5. The van der Waals surface area contributed by atoms with E-state index in [2.05, 4.69) is 15.3 Å². The lowest BCUT2D eigenvalue weighted by atomic mass is 9.68. The molecule has 1 aromatic carbocycles. The van der Waals surface area contributed by atoms with Crippen LogP contribution in [-0.4, -0.2) is 37.7 Å². The van der Waals surface area contributed by atoms with Crippen molar-refractivity contribution < 1.29 is 28.2 Å². The maximum Gasteiger partial charge on any atom is 0.274 e. The number of rotatable bonds is 5. The van der Waals surface area contributed by atoms with Gasteiger partial charge in [0, 0.05) is 12.2 Å². The molecule has 38 heavy (non-hydrogen) atoms. The zero-order chi connectivity index (χ0) is 28.0. The lowest BCUT2D eigenvalue weighted by Gasteiger charge is -2.44. The second kappa shape index (κ2) is 10.1. The minimum atomic E-state index is -1.52. The third-order valence-corrected chi connectivity index (χ3v) is 7.53. The number of nitrogens with zero attached hydrogens (tertiary/aromatic N) is 2. The van der Waals surface area contributed by atoms with Gasteiger partial charge in [-0.15, -0.1) is 0 Å². The van der Waals surface area contributed by atoms with Gasteiger partial charge in [0.05, 0.1) is 28.6 Å². The second-order valence-corrected chi connectivity index (χ2v) is 10.7. The van der Waals surface area contributed by atoms with Gasteiger partial charge in [-0.2, -0.15) is 0 Å². The maximum atomic E-state index is 14.9. The predicted octanol–water partition coefficient (Wildman–Crippen LogP) is 4.63. The van der Waals surface area contributed by atoms with Gasteiger partial charge in [0.15, 0.2) is 0 Å². The van der Waals surface area contributed by atoms with Crippen LogP contribution in [0.5, 0.6) is 0 Å². The third kappa shape index (κ3) is 5.29. The van der Waals surface area contributed by atoms with Crippen molar-refractivity contribution in [1.29, 1.82) is 0 Å². The van der Waals surface area contributed by atoms with Crippen LogP contribution in [0.1, 0.15) is 68.1 Å². The number of nitrogens with two attached hydrogens (primary N) is 1. The van der Waals surface area contributed by atoms with Gasteiger partial charge in [-0.3, -0.25) is 9.78 Å². The van der Waals surface area contributed by atoms with Crippen molar-refractivity contribution in [1.82, 2.24) is 9.97 Å². The second-order valence-electron chi connectivity index (χ2n) is 10.7. The quantitative estimate of drug-likeness (QED) is 0.383. The summed E-state index contributed by atoms with van der Waals surface area (Å²) in [6, 6.07) is 5.12. The van der Waals surface area contributed by atoms with Gasteiger partial charge in [-0.1, -0.05) is 6.92 Å². The average molecular weight is 529 g/mol. The van der Waals surface area contributed by atoms with Crippen LogP contribution in [0.4, 0.5) is 18.9 Å². The summed E-state index contributed by atoms with van der Waals surface area (Å²) in [5.41, 5.74) is 3.15. The van der Waals surface area contributed by atoms with E-state index in [1.54, 1.807) is 19.2 Å². The summed E-state index contributed by atoms with van der Waals surface area (Å²) < 4.78 is 44.4. The van der Waals surface area contributed by atoms with E-state index in [0.717, 1.165) is 29.8 Å². The highest BCUT2D eigenvalue weighted by Crippen LogP contribution is 2.43. The number of pyridine rings is 2. The van der Waals surface area contributed by atoms with Crippen molar-refractivity contribution in [2.45, 2.75) is 63.7 Å². The molecule has 0 radical (unpaired) electrons. The Labute approximate surface area is 218 Å². The Hall–Kier alpha value is -3.34. The molecule has 4 rings (SSSR count). The number of aromatic nitrogens is 2. The molecule has 1 aliphatic rings. The average Bonchev–Trinajstić information content (AvgIpc) is 2.83. The number of hydrogen-bond acceptors (Lipinski definition) is 6. The Balaban J connectivity index is 1.64. The highest BCUT2D eigenvalue weighted by Gasteiger charge is 2.42. The molecule has 5 N–H and O–H groups in total. The van der Waals surface area contributed by atoms with Gasteiger partial charge in [-0.25, -0.2) is 18.2 Å². The summed E-state index contributed by atoms with van der Waals surface area (Å²) in [6.07, 6.45) is 4.18. The van der Waals surface area contributed by atoms with Crippen LogP contribution in [0.15, 0.2) is 42.7 Å². The first-order valence-corrected chi connectivity index (χ1v) is 12.3. The highest BCUT2D eigenvalue weighted by molar-refractivity contribution is 6.03. The predicted molar refractivity (Wildman–Crippen MR) is 137 cm³/mol. The number of carbonyl (C=O) groups is 1. The van der Waals surface area contributed by atoms with E-state index in [9.17, 15) is 28.2 Å². The topological polar surface area (TPSA) is 121 Å². The number of carbonyl (C=O) groups excluding carboxylic acids is 1. The van der Waals surface area contributed by atoms with Crippen LogP contribution >= 0.6 is 0 Å². The number of anilines is 1. The van der Waals surface area contributed by atoms with Gasteiger partial charge in [0.25, 0.3) is 5.91 Å². The number of benzene rings is 1. The van der Waals surface area contributed by atoms with E-state index < -0.39 is 51.9 Å². The molecule has 0 bridgehead atoms. The number of amides is 1. The Morgan fingerprint density at radius 1 is 1.13 bits per heavy atom. The molecule has 1 aliphatic carbocycles. The van der Waals surface area contributed by atoms with Crippen LogP contribution in [0.3, 0.4) is 0 Å². The van der Waals surface area contributed by atoms with Crippen molar-refractivity contribution in [3.05, 3.63) is 77.0 Å². The van der Waals surface area contributed by atoms with Crippen LogP contribution in [0.2, 0.25) is 0 Å². The molecule has 0 unspecified atom stereocenters. The van der Waals surface area contributed by atoms with E-state index in [4.69, 9.17) is 5.73 Å². The van der Waals surface area contributed by atoms with E-state index in [1.165, 1.54) is 20.0 Å². The number of aliphatic hydroxyl groups is 2. The van der Waals surface area contributed by atoms with Crippen molar-refractivity contribution in [2.24, 2.45) is 11.7 Å². The molecule has 1 fully saturated rings. The fourth-order valence-corrected chi connectivity index (χ4v) is 4.87. The first kappa shape index (κ1) is 27.7. The van der Waals surface area contributed by atoms with Crippen molar-refractivity contribution in [2.75, 3.05) is 5.32 Å². The minimum Gasteiger partial charge on any atom is -0.388 e. The van der Waals surface area contributed by atoms with Crippen molar-refractivity contribution in [3.8, 4) is 11.3 Å². The molecule has 202 valence electrons. The Bertz CT molecular complexity index is 1340. The molecular formula is C28H31F3N4O3. The zero-order valence-electron chi connectivity index (χ0n) is 21.6. The lowest BCUT2D eigenvalue weighted by molar-refractivity contribution is -0.0463. The summed E-state index contributed by atoms with van der Waals surface area (Å²) in [4.78, 5) is 21.1. The van der Waals surface area contributed by atoms with Gasteiger partial charge in [0.2, 0.25) is 0 Å². The third-order valence-electron chi connectivity index (χ3n) is 7.53. The standard InChI is InChI=1S/C28H31F3N4O3/c1-14-9-15(10-23(32)28(14,4)38)17-7-8-33-13-22(17)35-26(36)21-6-5-18(29)25(34-21)24-19(30)11-16(12-20(24)31)27(2,3)37/h5-8,11-15,23,37-38H,9-10,32H2,1-4H3,(H,35,36)/t14-,15+,23+,28+/m0/s1. The maximum absolute atomic E-state index is 14.9.